The van der Waals surface area contributed by atoms with E-state index < -0.39 is 286 Å². The molecule has 12 aliphatic rings. The van der Waals surface area contributed by atoms with Crippen LogP contribution in [0.15, 0.2) is 11.6 Å². The first-order chi connectivity index (χ1) is 50.3. The van der Waals surface area contributed by atoms with E-state index in [4.69, 9.17) is 71.1 Å². The maximum absolute atomic E-state index is 15.9. The highest BCUT2D eigenvalue weighted by Gasteiger charge is 2.72. The van der Waals surface area contributed by atoms with Crippen LogP contribution in [0.5, 0.6) is 0 Å². The third-order valence-corrected chi connectivity index (χ3v) is 27.0. The predicted molar refractivity (Wildman–Crippen MR) is 351 cm³/mol. The number of carbonyl (C=O) groups is 3. The number of carbonyl (C=O) groups excluding carboxylic acids is 3. The van der Waals surface area contributed by atoms with Crippen molar-refractivity contribution in [3.05, 3.63) is 11.6 Å². The summed E-state index contributed by atoms with van der Waals surface area (Å²) in [6, 6.07) is 0. The maximum atomic E-state index is 15.9. The topological polar surface area (TPSA) is 554 Å². The van der Waals surface area contributed by atoms with E-state index in [-0.39, 0.29) is 17.8 Å². The van der Waals surface area contributed by atoms with Gasteiger partial charge in [-0.1, -0.05) is 53.2 Å². The van der Waals surface area contributed by atoms with E-state index in [2.05, 4.69) is 40.7 Å². The first-order valence-electron chi connectivity index (χ1n) is 37.3. The average Bonchev–Trinajstić information content (AvgIpc) is 0.673. The molecule has 612 valence electrons. The van der Waals surface area contributed by atoms with Gasteiger partial charge in [0, 0.05) is 0 Å². The molecule has 42 unspecified atom stereocenters. The van der Waals surface area contributed by atoms with Crippen LogP contribution in [0.25, 0.3) is 0 Å². The molecule has 36 heteroatoms. The van der Waals surface area contributed by atoms with E-state index in [1.807, 2.05) is 0 Å². The first-order valence-corrected chi connectivity index (χ1v) is 37.3. The number of ether oxygens (including phenoxy) is 15. The largest absolute Gasteiger partial charge is 0.467 e. The minimum Gasteiger partial charge on any atom is -0.467 e. The first kappa shape index (κ1) is 83.5. The zero-order chi connectivity index (χ0) is 78.0. The maximum Gasteiger partial charge on any atom is 0.337 e. The molecule has 11 fully saturated rings. The van der Waals surface area contributed by atoms with Crippen molar-refractivity contribution >= 4 is 18.2 Å². The molecule has 0 spiro atoms. The van der Waals surface area contributed by atoms with Crippen molar-refractivity contribution in [3.8, 4) is 0 Å². The van der Waals surface area contributed by atoms with Crippen molar-refractivity contribution in [2.24, 2.45) is 50.2 Å². The smallest absolute Gasteiger partial charge is 0.337 e. The van der Waals surface area contributed by atoms with Crippen LogP contribution in [0.4, 0.5) is 0 Å². The fraction of sp³-hybridized carbons (Fsp3) is 0.930. The highest BCUT2D eigenvalue weighted by Crippen LogP contribution is 2.76. The Hall–Kier alpha value is -2.89. The average molecular weight is 1540 g/mol. The van der Waals surface area contributed by atoms with Crippen LogP contribution < -0.4 is 0 Å². The second kappa shape index (κ2) is 31.7. The lowest BCUT2D eigenvalue weighted by Crippen LogP contribution is -2.69. The van der Waals surface area contributed by atoms with Crippen LogP contribution in [-0.4, -0.2) is 353 Å². The Morgan fingerprint density at radius 1 is 0.486 bits per heavy atom. The number of esters is 2. The summed E-state index contributed by atoms with van der Waals surface area (Å²) in [7, 11) is 1.02. The van der Waals surface area contributed by atoms with Crippen LogP contribution in [0.2, 0.25) is 0 Å². The summed E-state index contributed by atoms with van der Waals surface area (Å²) in [6.07, 6.45) is -52.8. The molecule has 0 aromatic heterocycles. The summed E-state index contributed by atoms with van der Waals surface area (Å²) in [6.45, 7) is 12.8. The van der Waals surface area contributed by atoms with Gasteiger partial charge in [0.05, 0.1) is 62.7 Å². The van der Waals surface area contributed by atoms with E-state index in [1.165, 1.54) is 13.8 Å². The van der Waals surface area contributed by atoms with Gasteiger partial charge in [0.25, 0.3) is 0 Å². The molecular formula is C71H112O36. The Bertz CT molecular complexity index is 3110. The zero-order valence-electron chi connectivity index (χ0n) is 61.3. The molecular weight excluding hydrogens is 1430 g/mol. The van der Waals surface area contributed by atoms with E-state index >= 15 is 4.79 Å². The summed E-state index contributed by atoms with van der Waals surface area (Å²) < 4.78 is 90.6. The number of rotatable bonds is 18. The lowest BCUT2D eigenvalue weighted by molar-refractivity contribution is -0.394. The fourth-order valence-electron chi connectivity index (χ4n) is 20.2. The van der Waals surface area contributed by atoms with E-state index in [0.717, 1.165) is 19.0 Å². The van der Waals surface area contributed by atoms with E-state index in [9.17, 15) is 102 Å². The monoisotopic (exact) mass is 1540 g/mol. The Morgan fingerprint density at radius 3 is 1.57 bits per heavy atom. The quantitative estimate of drug-likeness (QED) is 0.0263. The number of fused-ring (bicyclic) bond motifs is 7. The summed E-state index contributed by atoms with van der Waals surface area (Å²) in [4.78, 5) is 43.8. The fourth-order valence-corrected chi connectivity index (χ4v) is 20.2. The molecule has 36 nitrogen and oxygen atoms in total. The van der Waals surface area contributed by atoms with Crippen LogP contribution in [0.1, 0.15) is 120 Å². The molecule has 107 heavy (non-hydrogen) atoms. The van der Waals surface area contributed by atoms with Crippen LogP contribution in [0.3, 0.4) is 0 Å². The molecule has 18 N–H and O–H groups in total. The van der Waals surface area contributed by atoms with Crippen molar-refractivity contribution in [1.29, 1.82) is 0 Å². The van der Waals surface area contributed by atoms with Gasteiger partial charge in [0.1, 0.15) is 141 Å². The van der Waals surface area contributed by atoms with Crippen LogP contribution in [0, 0.1) is 50.2 Å². The Labute approximate surface area is 617 Å². The SMILES string of the molecule is COC(=O)C1OC(OC2CCC3(C)C(CCC4(C)C3CC=C3C5CC(C)(C)CCC5(C(=O)OC5OC(C)C(O)C(O)C5OC5OC(C)C(OC6OCC(O)C(O)C6O)C(OC6OC(CO)C(O)C(O)C6O)C5O)CCC34C)C2(C)C=O)C(OC2OC(CO)C(O)C(O)C2O)C(OC2OCC(O)C(O)C2O)C1O. The Kier molecular flexibility index (Phi) is 24.8. The third-order valence-electron chi connectivity index (χ3n) is 27.0. The number of aliphatic hydroxyl groups is 18. The van der Waals surface area contributed by atoms with Crippen molar-refractivity contribution in [2.45, 2.75) is 328 Å². The number of allylic oxidation sites excluding steroid dienone is 2. The molecule has 7 heterocycles. The summed E-state index contributed by atoms with van der Waals surface area (Å²) in [5, 5.41) is 197. The highest BCUT2D eigenvalue weighted by atomic mass is 16.8. The van der Waals surface area contributed by atoms with Gasteiger partial charge >= 0.3 is 11.9 Å². The number of aldehydes is 1. The number of hydrogen-bond donors (Lipinski definition) is 18. The van der Waals surface area contributed by atoms with Crippen molar-refractivity contribution in [3.63, 3.8) is 0 Å². The van der Waals surface area contributed by atoms with E-state index in [0.29, 0.717) is 57.8 Å². The number of methoxy groups -OCH3 is 1. The van der Waals surface area contributed by atoms with Crippen LogP contribution in [-0.2, 0) is 85.4 Å². The second-order valence-corrected chi connectivity index (χ2v) is 33.7. The van der Waals surface area contributed by atoms with Gasteiger partial charge in [0.15, 0.2) is 49.9 Å². The molecule has 4 saturated carbocycles. The van der Waals surface area contributed by atoms with E-state index in [1.54, 1.807) is 6.92 Å². The molecule has 7 aliphatic heterocycles. The Balaban J connectivity index is 0.808. The van der Waals surface area contributed by atoms with Crippen molar-refractivity contribution in [1.82, 2.24) is 0 Å². The van der Waals surface area contributed by atoms with Gasteiger partial charge in [-0.25, -0.2) is 4.79 Å². The minimum atomic E-state index is -2.09. The molecule has 5 aliphatic carbocycles. The molecule has 42 atom stereocenters. The van der Waals surface area contributed by atoms with Gasteiger partial charge in [-0.15, -0.1) is 0 Å². The standard InChI is InChI=1S/C71H112O36/c1-26-37(77)44(84)55(105-62-50(90)53(103-60-47(87)42(82)40(80)32(21-72)98-60)51(27(2)97-62)101-58-45(85)38(78)30(75)23-94-58)63(96-26)107-65(92)71-18-16-66(3,4)20-29(71)28-10-11-35-67(5)14-13-36(68(6,25-74)34(67)12-15-70(35,8)69(28,7)17-19-71)100-64-56(106-61-48(88)43(83)41(81)33(22-73)99-61)52(49(89)54(104-64)57(91)93-9)102-59-46(86)39(79)31(76)24-95-59/h10,25-27,29-56,58-64,72-73,75-90H,11-24H2,1-9H3. The molecule has 7 saturated heterocycles. The minimum absolute atomic E-state index is 0.111. The molecule has 0 radical (unpaired) electrons. The lowest BCUT2D eigenvalue weighted by atomic mass is 9.33. The second-order valence-electron chi connectivity index (χ2n) is 33.7. The summed E-state index contributed by atoms with van der Waals surface area (Å²) >= 11 is 0. The number of aliphatic hydroxyl groups excluding tert-OH is 18. The van der Waals surface area contributed by atoms with Gasteiger partial charge in [-0.3, -0.25) is 4.79 Å². The van der Waals surface area contributed by atoms with Gasteiger partial charge in [0.2, 0.25) is 6.29 Å². The summed E-state index contributed by atoms with van der Waals surface area (Å²) in [5.41, 5.74) is -3.53. The third kappa shape index (κ3) is 14.6. The van der Waals surface area contributed by atoms with Gasteiger partial charge < -0.3 is 168 Å². The number of hydrogen-bond acceptors (Lipinski definition) is 36. The zero-order valence-corrected chi connectivity index (χ0v) is 61.3. The molecule has 0 amide bonds. The van der Waals surface area contributed by atoms with Crippen LogP contribution >= 0.6 is 0 Å². The van der Waals surface area contributed by atoms with Gasteiger partial charge in [-0.2, -0.15) is 0 Å². The molecule has 0 aromatic rings. The van der Waals surface area contributed by atoms with Crippen molar-refractivity contribution in [2.75, 3.05) is 33.5 Å². The lowest BCUT2D eigenvalue weighted by Gasteiger charge is -2.71. The normalized spacial score (nSPS) is 54.2. The highest BCUT2D eigenvalue weighted by molar-refractivity contribution is 5.79. The van der Waals surface area contributed by atoms with Crippen molar-refractivity contribution < 1.29 is 177 Å². The summed E-state index contributed by atoms with van der Waals surface area (Å²) in [5.74, 6) is -2.79. The molecule has 12 rings (SSSR count). The molecule has 0 aromatic carbocycles. The predicted octanol–water partition coefficient (Wildman–Crippen LogP) is -5.87. The van der Waals surface area contributed by atoms with Gasteiger partial charge in [-0.05, 0) is 117 Å². The molecule has 0 bridgehead atoms. The Morgan fingerprint density at radius 2 is 1.00 bits per heavy atom.